The maximum Gasteiger partial charge on any atom is 0.220 e. The molecule has 2 aliphatic rings. The van der Waals surface area contributed by atoms with Gasteiger partial charge in [0.25, 0.3) is 0 Å². The van der Waals surface area contributed by atoms with E-state index in [-0.39, 0.29) is 24.4 Å². The standard InChI is InChI=1S/C18H25ClN2OS.ClH/c1-12(13-4-7-20-8-5-13)10-18(22)21-16-6-9-23-17-3-2-14(19)11-15(16)17;/h2-3,11-13,16,20H,4-10H2,1H3,(H,21,22);1H. The third-order valence-electron chi connectivity index (χ3n) is 5.04. The van der Waals surface area contributed by atoms with E-state index in [1.165, 1.54) is 23.3 Å². The fourth-order valence-corrected chi connectivity index (χ4v) is 4.93. The summed E-state index contributed by atoms with van der Waals surface area (Å²) in [6.45, 7) is 4.39. The number of nitrogens with one attached hydrogen (secondary N) is 2. The van der Waals surface area contributed by atoms with E-state index < -0.39 is 0 Å². The Morgan fingerprint density at radius 2 is 2.12 bits per heavy atom. The molecule has 0 spiro atoms. The average molecular weight is 389 g/mol. The number of fused-ring (bicyclic) bond motifs is 1. The first kappa shape index (κ1) is 19.9. The topological polar surface area (TPSA) is 41.1 Å². The van der Waals surface area contributed by atoms with Crippen molar-refractivity contribution >= 4 is 41.7 Å². The van der Waals surface area contributed by atoms with Crippen LogP contribution in [-0.2, 0) is 4.79 Å². The highest BCUT2D eigenvalue weighted by Crippen LogP contribution is 2.37. The number of benzene rings is 1. The molecular weight excluding hydrogens is 363 g/mol. The Hall–Kier alpha value is -0.420. The Kier molecular flexibility index (Phi) is 7.73. The highest BCUT2D eigenvalue weighted by molar-refractivity contribution is 7.99. The zero-order valence-corrected chi connectivity index (χ0v) is 16.4. The molecule has 134 valence electrons. The lowest BCUT2D eigenvalue weighted by Crippen LogP contribution is -2.35. The number of halogens is 2. The van der Waals surface area contributed by atoms with E-state index >= 15 is 0 Å². The summed E-state index contributed by atoms with van der Waals surface area (Å²) in [7, 11) is 0. The quantitative estimate of drug-likeness (QED) is 0.800. The van der Waals surface area contributed by atoms with Crippen LogP contribution in [0.2, 0.25) is 5.02 Å². The van der Waals surface area contributed by atoms with Crippen molar-refractivity contribution in [1.29, 1.82) is 0 Å². The fourth-order valence-electron chi connectivity index (χ4n) is 3.64. The molecule has 2 heterocycles. The number of rotatable bonds is 4. The summed E-state index contributed by atoms with van der Waals surface area (Å²) in [6.07, 6.45) is 3.98. The summed E-state index contributed by atoms with van der Waals surface area (Å²) in [5.74, 6) is 2.35. The van der Waals surface area contributed by atoms with Crippen LogP contribution in [0.25, 0.3) is 0 Å². The summed E-state index contributed by atoms with van der Waals surface area (Å²) in [5.41, 5.74) is 1.18. The lowest BCUT2D eigenvalue weighted by molar-refractivity contribution is -0.123. The Labute approximate surface area is 160 Å². The predicted octanol–water partition coefficient (Wildman–Crippen LogP) is 4.44. The van der Waals surface area contributed by atoms with Gasteiger partial charge < -0.3 is 10.6 Å². The zero-order valence-electron chi connectivity index (χ0n) is 14.0. The smallest absolute Gasteiger partial charge is 0.220 e. The molecular formula is C18H26Cl2N2OS. The van der Waals surface area contributed by atoms with Gasteiger partial charge in [0, 0.05) is 22.1 Å². The van der Waals surface area contributed by atoms with Crippen molar-refractivity contribution in [2.24, 2.45) is 11.8 Å². The second-order valence-electron chi connectivity index (χ2n) is 6.71. The first-order valence-electron chi connectivity index (χ1n) is 8.56. The zero-order chi connectivity index (χ0) is 16.2. The van der Waals surface area contributed by atoms with Crippen LogP contribution >= 0.6 is 35.8 Å². The van der Waals surface area contributed by atoms with Crippen LogP contribution in [0.3, 0.4) is 0 Å². The lowest BCUT2D eigenvalue weighted by Gasteiger charge is -2.30. The summed E-state index contributed by atoms with van der Waals surface area (Å²) in [5, 5.41) is 7.38. The Balaban J connectivity index is 0.00000208. The SMILES string of the molecule is CC(CC(=O)NC1CCSc2ccc(Cl)cc21)C1CCNCC1.Cl. The van der Waals surface area contributed by atoms with Crippen LogP contribution in [-0.4, -0.2) is 24.7 Å². The number of amides is 1. The van der Waals surface area contributed by atoms with Gasteiger partial charge in [-0.15, -0.1) is 24.2 Å². The van der Waals surface area contributed by atoms with E-state index in [9.17, 15) is 4.79 Å². The van der Waals surface area contributed by atoms with Gasteiger partial charge in [0.2, 0.25) is 5.91 Å². The molecule has 3 nitrogen and oxygen atoms in total. The normalized spacial score (nSPS) is 22.2. The van der Waals surface area contributed by atoms with Gasteiger partial charge in [-0.2, -0.15) is 0 Å². The highest BCUT2D eigenvalue weighted by atomic mass is 35.5. The van der Waals surface area contributed by atoms with Gasteiger partial charge >= 0.3 is 0 Å². The number of hydrogen-bond acceptors (Lipinski definition) is 3. The first-order valence-corrected chi connectivity index (χ1v) is 9.92. The van der Waals surface area contributed by atoms with Crippen molar-refractivity contribution in [2.45, 2.75) is 43.5 Å². The van der Waals surface area contributed by atoms with Crippen LogP contribution in [0.15, 0.2) is 23.1 Å². The largest absolute Gasteiger partial charge is 0.349 e. The van der Waals surface area contributed by atoms with Gasteiger partial charge in [-0.1, -0.05) is 18.5 Å². The van der Waals surface area contributed by atoms with Crippen LogP contribution in [0.1, 0.15) is 44.2 Å². The minimum absolute atomic E-state index is 0. The van der Waals surface area contributed by atoms with Gasteiger partial charge in [-0.05, 0) is 68.0 Å². The monoisotopic (exact) mass is 388 g/mol. The van der Waals surface area contributed by atoms with Crippen LogP contribution < -0.4 is 10.6 Å². The molecule has 1 aromatic rings. The molecule has 0 radical (unpaired) electrons. The van der Waals surface area contributed by atoms with Crippen LogP contribution in [0.5, 0.6) is 0 Å². The molecule has 0 aromatic heterocycles. The van der Waals surface area contributed by atoms with Crippen molar-refractivity contribution in [1.82, 2.24) is 10.6 Å². The lowest BCUT2D eigenvalue weighted by atomic mass is 9.84. The number of hydrogen-bond donors (Lipinski definition) is 2. The van der Waals surface area contributed by atoms with Gasteiger partial charge in [0.1, 0.15) is 0 Å². The minimum atomic E-state index is 0. The van der Waals surface area contributed by atoms with Gasteiger partial charge in [-0.3, -0.25) is 4.79 Å². The summed E-state index contributed by atoms with van der Waals surface area (Å²) < 4.78 is 0. The van der Waals surface area contributed by atoms with E-state index in [1.54, 1.807) is 0 Å². The molecule has 1 amide bonds. The van der Waals surface area contributed by atoms with Crippen molar-refractivity contribution in [2.75, 3.05) is 18.8 Å². The summed E-state index contributed by atoms with van der Waals surface area (Å²) in [6, 6.07) is 6.11. The molecule has 24 heavy (non-hydrogen) atoms. The molecule has 2 N–H and O–H groups in total. The van der Waals surface area contributed by atoms with Crippen LogP contribution in [0, 0.1) is 11.8 Å². The maximum absolute atomic E-state index is 12.5. The number of thioether (sulfide) groups is 1. The molecule has 2 unspecified atom stereocenters. The molecule has 6 heteroatoms. The highest BCUT2D eigenvalue weighted by Gasteiger charge is 2.25. The molecule has 3 rings (SSSR count). The number of carbonyl (C=O) groups excluding carboxylic acids is 1. The van der Waals surface area contributed by atoms with E-state index in [0.29, 0.717) is 18.3 Å². The van der Waals surface area contributed by atoms with Crippen LogP contribution in [0.4, 0.5) is 0 Å². The molecule has 1 fully saturated rings. The molecule has 2 aliphatic heterocycles. The van der Waals surface area contributed by atoms with E-state index in [0.717, 1.165) is 30.3 Å². The summed E-state index contributed by atoms with van der Waals surface area (Å²) in [4.78, 5) is 13.7. The first-order chi connectivity index (χ1) is 11.1. The maximum atomic E-state index is 12.5. The number of piperidine rings is 1. The van der Waals surface area contributed by atoms with Gasteiger partial charge in [0.15, 0.2) is 0 Å². The molecule has 0 bridgehead atoms. The van der Waals surface area contributed by atoms with E-state index in [4.69, 9.17) is 11.6 Å². The molecule has 2 atom stereocenters. The van der Waals surface area contributed by atoms with Crippen molar-refractivity contribution in [3.8, 4) is 0 Å². The molecule has 1 aromatic carbocycles. The Bertz CT molecular complexity index is 564. The average Bonchev–Trinajstić information content (AvgIpc) is 2.56. The number of carbonyl (C=O) groups is 1. The fraction of sp³-hybridized carbons (Fsp3) is 0.611. The molecule has 0 saturated carbocycles. The predicted molar refractivity (Wildman–Crippen MR) is 104 cm³/mol. The van der Waals surface area contributed by atoms with E-state index in [2.05, 4.69) is 23.6 Å². The Morgan fingerprint density at radius 1 is 1.38 bits per heavy atom. The van der Waals surface area contributed by atoms with Crippen molar-refractivity contribution < 1.29 is 4.79 Å². The summed E-state index contributed by atoms with van der Waals surface area (Å²) >= 11 is 7.98. The second-order valence-corrected chi connectivity index (χ2v) is 8.28. The van der Waals surface area contributed by atoms with Gasteiger partial charge in [0.05, 0.1) is 6.04 Å². The van der Waals surface area contributed by atoms with E-state index in [1.807, 2.05) is 23.9 Å². The van der Waals surface area contributed by atoms with Gasteiger partial charge in [-0.25, -0.2) is 0 Å². The second kappa shape index (κ2) is 9.33. The molecule has 1 saturated heterocycles. The third-order valence-corrected chi connectivity index (χ3v) is 6.40. The van der Waals surface area contributed by atoms with Crippen molar-refractivity contribution in [3.05, 3.63) is 28.8 Å². The minimum Gasteiger partial charge on any atom is -0.349 e. The van der Waals surface area contributed by atoms with Crippen molar-refractivity contribution in [3.63, 3.8) is 0 Å². The Morgan fingerprint density at radius 3 is 2.88 bits per heavy atom. The molecule has 0 aliphatic carbocycles. The third kappa shape index (κ3) is 5.04.